The lowest BCUT2D eigenvalue weighted by atomic mass is 9.97. The minimum Gasteiger partial charge on any atom is -0.479 e. The van der Waals surface area contributed by atoms with Crippen molar-refractivity contribution in [2.75, 3.05) is 6.61 Å². The molecule has 1 N–H and O–H groups in total. The summed E-state index contributed by atoms with van der Waals surface area (Å²) >= 11 is 0. The molecule has 3 heteroatoms. The molecule has 0 aromatic heterocycles. The van der Waals surface area contributed by atoms with Crippen molar-refractivity contribution in [1.29, 1.82) is 0 Å². The van der Waals surface area contributed by atoms with Crippen molar-refractivity contribution in [2.24, 2.45) is 0 Å². The Morgan fingerprint density at radius 3 is 2.50 bits per heavy atom. The highest BCUT2D eigenvalue weighted by atomic mass is 16.5. The molecule has 0 amide bonds. The second-order valence-electron chi connectivity index (χ2n) is 4.30. The zero-order valence-corrected chi connectivity index (χ0v) is 10.5. The van der Waals surface area contributed by atoms with E-state index in [9.17, 15) is 4.79 Å². The van der Waals surface area contributed by atoms with E-state index in [1.54, 1.807) is 13.0 Å². The van der Waals surface area contributed by atoms with Gasteiger partial charge in [-0.3, -0.25) is 0 Å². The fourth-order valence-electron chi connectivity index (χ4n) is 1.55. The first-order valence-corrected chi connectivity index (χ1v) is 6.05. The van der Waals surface area contributed by atoms with E-state index in [2.05, 4.69) is 13.5 Å². The molecule has 0 aliphatic rings. The van der Waals surface area contributed by atoms with Gasteiger partial charge in [-0.2, -0.15) is 0 Å². The third-order valence-electron chi connectivity index (χ3n) is 2.73. The van der Waals surface area contributed by atoms with Crippen LogP contribution in [-0.4, -0.2) is 23.3 Å². The average Bonchev–Trinajstić information content (AvgIpc) is 2.26. The molecule has 0 saturated heterocycles. The van der Waals surface area contributed by atoms with Crippen LogP contribution >= 0.6 is 0 Å². The molecular formula is C13H24O3. The Hall–Kier alpha value is -0.830. The van der Waals surface area contributed by atoms with Gasteiger partial charge in [-0.25, -0.2) is 4.79 Å². The predicted octanol–water partition coefficient (Wildman–Crippen LogP) is 3.39. The number of carboxylic acids is 1. The molecule has 1 atom stereocenters. The normalized spacial score (nSPS) is 14.4. The molecule has 0 fully saturated rings. The van der Waals surface area contributed by atoms with Crippen molar-refractivity contribution in [3.05, 3.63) is 12.7 Å². The van der Waals surface area contributed by atoms with Gasteiger partial charge in [-0.1, -0.05) is 38.7 Å². The molecule has 3 nitrogen and oxygen atoms in total. The number of ether oxygens (including phenoxy) is 1. The van der Waals surface area contributed by atoms with Crippen molar-refractivity contribution in [2.45, 2.75) is 58.0 Å². The molecule has 0 saturated carbocycles. The maximum absolute atomic E-state index is 11.1. The molecule has 94 valence electrons. The maximum atomic E-state index is 11.1. The first-order valence-electron chi connectivity index (χ1n) is 6.05. The molecular weight excluding hydrogens is 204 g/mol. The summed E-state index contributed by atoms with van der Waals surface area (Å²) in [5.74, 6) is -0.884. The Balaban J connectivity index is 3.92. The molecule has 16 heavy (non-hydrogen) atoms. The molecule has 0 aliphatic heterocycles. The summed E-state index contributed by atoms with van der Waals surface area (Å²) in [6.07, 6.45) is 7.72. The number of unbranched alkanes of at least 4 members (excludes halogenated alkanes) is 4. The van der Waals surface area contributed by atoms with E-state index in [1.807, 2.05) is 0 Å². The highest BCUT2D eigenvalue weighted by molar-refractivity contribution is 5.76. The van der Waals surface area contributed by atoms with Crippen LogP contribution in [0.1, 0.15) is 52.4 Å². The Bertz CT molecular complexity index is 213. The van der Waals surface area contributed by atoms with Crippen LogP contribution in [0.15, 0.2) is 12.7 Å². The van der Waals surface area contributed by atoms with Crippen LogP contribution < -0.4 is 0 Å². The molecule has 0 aliphatic carbocycles. The van der Waals surface area contributed by atoms with Crippen LogP contribution in [0.3, 0.4) is 0 Å². The van der Waals surface area contributed by atoms with Crippen molar-refractivity contribution >= 4 is 5.97 Å². The second-order valence-corrected chi connectivity index (χ2v) is 4.30. The summed E-state index contributed by atoms with van der Waals surface area (Å²) in [4.78, 5) is 11.1. The van der Waals surface area contributed by atoms with E-state index in [4.69, 9.17) is 9.84 Å². The van der Waals surface area contributed by atoms with Crippen molar-refractivity contribution in [3.8, 4) is 0 Å². The van der Waals surface area contributed by atoms with Gasteiger partial charge in [0, 0.05) is 0 Å². The minimum absolute atomic E-state index is 0.289. The summed E-state index contributed by atoms with van der Waals surface area (Å²) in [5.41, 5.74) is -1.06. The van der Waals surface area contributed by atoms with Crippen LogP contribution in [0.2, 0.25) is 0 Å². The summed E-state index contributed by atoms with van der Waals surface area (Å²) in [6.45, 7) is 7.61. The van der Waals surface area contributed by atoms with E-state index in [0.29, 0.717) is 6.42 Å². The van der Waals surface area contributed by atoms with Crippen LogP contribution in [0.5, 0.6) is 0 Å². The standard InChI is InChI=1S/C13H24O3/c1-4-6-7-8-9-10-13(3,12(14)15)16-11-5-2/h5H,2,4,6-11H2,1,3H3,(H,14,15). The van der Waals surface area contributed by atoms with Gasteiger partial charge in [0.1, 0.15) is 0 Å². The Labute approximate surface area is 98.5 Å². The lowest BCUT2D eigenvalue weighted by molar-refractivity contribution is -0.163. The van der Waals surface area contributed by atoms with E-state index >= 15 is 0 Å². The average molecular weight is 228 g/mol. The van der Waals surface area contributed by atoms with E-state index in [0.717, 1.165) is 12.8 Å². The van der Waals surface area contributed by atoms with Crippen molar-refractivity contribution in [1.82, 2.24) is 0 Å². The lowest BCUT2D eigenvalue weighted by Gasteiger charge is -2.24. The maximum Gasteiger partial charge on any atom is 0.335 e. The first-order chi connectivity index (χ1) is 7.56. The smallest absolute Gasteiger partial charge is 0.335 e. The molecule has 1 unspecified atom stereocenters. The van der Waals surface area contributed by atoms with Crippen LogP contribution in [0.4, 0.5) is 0 Å². The fraction of sp³-hybridized carbons (Fsp3) is 0.769. The number of carboxylic acid groups (broad SMARTS) is 1. The third-order valence-corrected chi connectivity index (χ3v) is 2.73. The van der Waals surface area contributed by atoms with Gasteiger partial charge in [0.25, 0.3) is 0 Å². The summed E-state index contributed by atoms with van der Waals surface area (Å²) in [7, 11) is 0. The van der Waals surface area contributed by atoms with Crippen molar-refractivity contribution < 1.29 is 14.6 Å². The van der Waals surface area contributed by atoms with Gasteiger partial charge in [0.05, 0.1) is 6.61 Å². The largest absolute Gasteiger partial charge is 0.479 e. The second kappa shape index (κ2) is 8.34. The fourth-order valence-corrected chi connectivity index (χ4v) is 1.55. The molecule has 0 radical (unpaired) electrons. The summed E-state index contributed by atoms with van der Waals surface area (Å²) in [6, 6.07) is 0. The number of rotatable bonds is 10. The van der Waals surface area contributed by atoms with Crippen molar-refractivity contribution in [3.63, 3.8) is 0 Å². The topological polar surface area (TPSA) is 46.5 Å². The number of carbonyl (C=O) groups is 1. The van der Waals surface area contributed by atoms with Crippen LogP contribution in [0, 0.1) is 0 Å². The van der Waals surface area contributed by atoms with Gasteiger partial charge < -0.3 is 9.84 Å². The van der Waals surface area contributed by atoms with Crippen LogP contribution in [0.25, 0.3) is 0 Å². The molecule has 0 aromatic rings. The summed E-state index contributed by atoms with van der Waals surface area (Å²) < 4.78 is 5.33. The SMILES string of the molecule is C=CCOC(C)(CCCCCCC)C(=O)O. The first kappa shape index (κ1) is 15.2. The lowest BCUT2D eigenvalue weighted by Crippen LogP contribution is -2.38. The molecule has 0 bridgehead atoms. The van der Waals surface area contributed by atoms with E-state index in [1.165, 1.54) is 19.3 Å². The molecule has 0 aromatic carbocycles. The number of aliphatic carboxylic acids is 1. The Morgan fingerprint density at radius 1 is 1.38 bits per heavy atom. The Kier molecular flexibility index (Phi) is 7.90. The van der Waals surface area contributed by atoms with Crippen LogP contribution in [-0.2, 0) is 9.53 Å². The predicted molar refractivity (Wildman–Crippen MR) is 65.6 cm³/mol. The highest BCUT2D eigenvalue weighted by Crippen LogP contribution is 2.20. The number of hydrogen-bond acceptors (Lipinski definition) is 2. The quantitative estimate of drug-likeness (QED) is 0.460. The van der Waals surface area contributed by atoms with E-state index < -0.39 is 11.6 Å². The molecule has 0 heterocycles. The van der Waals surface area contributed by atoms with Gasteiger partial charge in [0.15, 0.2) is 5.60 Å². The van der Waals surface area contributed by atoms with Gasteiger partial charge in [-0.05, 0) is 19.8 Å². The summed E-state index contributed by atoms with van der Waals surface area (Å²) in [5, 5.41) is 9.10. The van der Waals surface area contributed by atoms with E-state index in [-0.39, 0.29) is 6.61 Å². The monoisotopic (exact) mass is 228 g/mol. The number of hydrogen-bond donors (Lipinski definition) is 1. The zero-order valence-electron chi connectivity index (χ0n) is 10.5. The highest BCUT2D eigenvalue weighted by Gasteiger charge is 2.32. The third kappa shape index (κ3) is 5.91. The van der Waals surface area contributed by atoms with Gasteiger partial charge in [0.2, 0.25) is 0 Å². The molecule has 0 spiro atoms. The minimum atomic E-state index is -1.06. The Morgan fingerprint density at radius 2 is 2.00 bits per heavy atom. The molecule has 0 rings (SSSR count). The van der Waals surface area contributed by atoms with Gasteiger partial charge in [-0.15, -0.1) is 6.58 Å². The van der Waals surface area contributed by atoms with Gasteiger partial charge >= 0.3 is 5.97 Å². The zero-order chi connectivity index (χ0) is 12.4.